The summed E-state index contributed by atoms with van der Waals surface area (Å²) >= 11 is 0. The van der Waals surface area contributed by atoms with Gasteiger partial charge in [0, 0.05) is 36.5 Å². The molecular weight excluding hydrogens is 432 g/mol. The third-order valence-corrected chi connectivity index (χ3v) is 5.52. The number of carbonyl (C=O) groups excluding carboxylic acids is 1. The van der Waals surface area contributed by atoms with Gasteiger partial charge in [-0.25, -0.2) is 4.68 Å². The number of hydrogen-bond donors (Lipinski definition) is 1. The fourth-order valence-electron chi connectivity index (χ4n) is 3.81. The normalized spacial score (nSPS) is 11.8. The molecule has 0 saturated heterocycles. The van der Waals surface area contributed by atoms with Crippen molar-refractivity contribution in [2.75, 3.05) is 19.5 Å². The highest BCUT2D eigenvalue weighted by Gasteiger charge is 2.20. The van der Waals surface area contributed by atoms with E-state index in [0.717, 1.165) is 27.9 Å². The Kier molecular flexibility index (Phi) is 6.67. The SMILES string of the molecule is CCn1nc(C)c2c(-c3ccccc3)cc(O[C@H](C)C(=O)Nc3cc(OC)cc(OC)c3)nc21. The molecule has 0 unspecified atom stereocenters. The van der Waals surface area contributed by atoms with Crippen LogP contribution in [0.3, 0.4) is 0 Å². The molecule has 4 aromatic rings. The van der Waals surface area contributed by atoms with E-state index in [1.54, 1.807) is 39.3 Å². The molecule has 0 saturated carbocycles. The monoisotopic (exact) mass is 460 g/mol. The lowest BCUT2D eigenvalue weighted by atomic mass is 10.0. The van der Waals surface area contributed by atoms with E-state index >= 15 is 0 Å². The summed E-state index contributed by atoms with van der Waals surface area (Å²) in [5, 5.41) is 8.46. The number of aryl methyl sites for hydroxylation is 2. The quantitative estimate of drug-likeness (QED) is 0.404. The number of nitrogens with one attached hydrogen (secondary N) is 1. The van der Waals surface area contributed by atoms with Crippen LogP contribution in [0.5, 0.6) is 17.4 Å². The lowest BCUT2D eigenvalue weighted by Crippen LogP contribution is -2.30. The molecule has 8 nitrogen and oxygen atoms in total. The maximum Gasteiger partial charge on any atom is 0.265 e. The summed E-state index contributed by atoms with van der Waals surface area (Å²) in [5.41, 5.74) is 4.15. The summed E-state index contributed by atoms with van der Waals surface area (Å²) in [5.74, 6) is 1.18. The van der Waals surface area contributed by atoms with Crippen LogP contribution < -0.4 is 19.5 Å². The Bertz CT molecular complexity index is 1300. The van der Waals surface area contributed by atoms with E-state index in [1.165, 1.54) is 0 Å². The van der Waals surface area contributed by atoms with Crippen LogP contribution in [-0.4, -0.2) is 41.0 Å². The Morgan fingerprint density at radius 3 is 2.35 bits per heavy atom. The Morgan fingerprint density at radius 1 is 1.06 bits per heavy atom. The van der Waals surface area contributed by atoms with Crippen LogP contribution in [0, 0.1) is 6.92 Å². The van der Waals surface area contributed by atoms with Gasteiger partial charge in [-0.15, -0.1) is 0 Å². The number of fused-ring (bicyclic) bond motifs is 1. The first kappa shape index (κ1) is 23.1. The van der Waals surface area contributed by atoms with Crippen molar-refractivity contribution in [3.05, 3.63) is 60.3 Å². The van der Waals surface area contributed by atoms with Crippen LogP contribution in [0.25, 0.3) is 22.2 Å². The summed E-state index contributed by atoms with van der Waals surface area (Å²) in [6, 6.07) is 17.0. The van der Waals surface area contributed by atoms with E-state index in [9.17, 15) is 4.79 Å². The highest BCUT2D eigenvalue weighted by molar-refractivity contribution is 5.96. The molecule has 1 N–H and O–H groups in total. The Balaban J connectivity index is 1.64. The molecule has 2 heterocycles. The molecule has 0 fully saturated rings. The van der Waals surface area contributed by atoms with Crippen molar-refractivity contribution in [3.8, 4) is 28.5 Å². The van der Waals surface area contributed by atoms with Crippen molar-refractivity contribution < 1.29 is 19.0 Å². The Labute approximate surface area is 198 Å². The molecule has 1 atom stereocenters. The first-order valence-corrected chi connectivity index (χ1v) is 11.1. The van der Waals surface area contributed by atoms with Gasteiger partial charge in [0.1, 0.15) is 11.5 Å². The van der Waals surface area contributed by atoms with E-state index < -0.39 is 6.10 Å². The molecule has 0 spiro atoms. The number of anilines is 1. The van der Waals surface area contributed by atoms with Gasteiger partial charge in [0.25, 0.3) is 5.91 Å². The summed E-state index contributed by atoms with van der Waals surface area (Å²) in [7, 11) is 3.11. The predicted octanol–water partition coefficient (Wildman–Crippen LogP) is 4.85. The van der Waals surface area contributed by atoms with Gasteiger partial charge in [-0.1, -0.05) is 30.3 Å². The summed E-state index contributed by atoms with van der Waals surface area (Å²) in [4.78, 5) is 17.6. The fraction of sp³-hybridized carbons (Fsp3) is 0.269. The highest BCUT2D eigenvalue weighted by Crippen LogP contribution is 2.33. The van der Waals surface area contributed by atoms with Gasteiger partial charge in [0.2, 0.25) is 5.88 Å². The number of nitrogens with zero attached hydrogens (tertiary/aromatic N) is 3. The minimum Gasteiger partial charge on any atom is -0.497 e. The lowest BCUT2D eigenvalue weighted by molar-refractivity contribution is -0.122. The second-order valence-electron chi connectivity index (χ2n) is 7.82. The first-order valence-electron chi connectivity index (χ1n) is 11.1. The van der Waals surface area contributed by atoms with Crippen molar-refractivity contribution in [2.24, 2.45) is 0 Å². The number of benzene rings is 2. The molecule has 34 heavy (non-hydrogen) atoms. The molecule has 4 rings (SSSR count). The average molecular weight is 461 g/mol. The van der Waals surface area contributed by atoms with Crippen molar-refractivity contribution in [2.45, 2.75) is 33.4 Å². The molecular formula is C26H28N4O4. The van der Waals surface area contributed by atoms with Gasteiger partial charge in [-0.3, -0.25) is 4.79 Å². The molecule has 0 aliphatic rings. The van der Waals surface area contributed by atoms with Crippen LogP contribution in [0.1, 0.15) is 19.5 Å². The maximum absolute atomic E-state index is 12.9. The lowest BCUT2D eigenvalue weighted by Gasteiger charge is -2.16. The smallest absolute Gasteiger partial charge is 0.265 e. The number of carbonyl (C=O) groups is 1. The second kappa shape index (κ2) is 9.82. The third-order valence-electron chi connectivity index (χ3n) is 5.52. The number of hydrogen-bond acceptors (Lipinski definition) is 6. The minimum absolute atomic E-state index is 0.321. The van der Waals surface area contributed by atoms with Crippen LogP contribution >= 0.6 is 0 Å². The molecule has 0 aliphatic carbocycles. The van der Waals surface area contributed by atoms with Crippen molar-refractivity contribution in [3.63, 3.8) is 0 Å². The zero-order chi connectivity index (χ0) is 24.2. The standard InChI is InChI=1S/C26H28N4O4/c1-6-30-25-24(16(2)29-30)22(18-10-8-7-9-11-18)15-23(28-25)34-17(3)26(31)27-19-12-20(32-4)14-21(13-19)33-5/h7-15,17H,6H2,1-5H3,(H,27,31)/t17-/m1/s1. The Hall–Kier alpha value is -4.07. The van der Waals surface area contributed by atoms with Gasteiger partial charge in [0.15, 0.2) is 11.8 Å². The fourth-order valence-corrected chi connectivity index (χ4v) is 3.81. The first-order chi connectivity index (χ1) is 16.4. The number of rotatable bonds is 8. The molecule has 0 radical (unpaired) electrons. The molecule has 1 amide bonds. The number of aromatic nitrogens is 3. The topological polar surface area (TPSA) is 87.5 Å². The van der Waals surface area contributed by atoms with Crippen LogP contribution in [-0.2, 0) is 11.3 Å². The zero-order valence-electron chi connectivity index (χ0n) is 20.0. The molecule has 176 valence electrons. The van der Waals surface area contributed by atoms with Gasteiger partial charge in [0.05, 0.1) is 25.3 Å². The van der Waals surface area contributed by atoms with Crippen molar-refractivity contribution in [1.29, 1.82) is 0 Å². The van der Waals surface area contributed by atoms with E-state index in [0.29, 0.717) is 29.6 Å². The van der Waals surface area contributed by atoms with Gasteiger partial charge >= 0.3 is 0 Å². The van der Waals surface area contributed by atoms with Crippen LogP contribution in [0.2, 0.25) is 0 Å². The molecule has 8 heteroatoms. The number of methoxy groups -OCH3 is 2. The van der Waals surface area contributed by atoms with E-state index in [4.69, 9.17) is 19.2 Å². The summed E-state index contributed by atoms with van der Waals surface area (Å²) in [6.45, 7) is 6.34. The minimum atomic E-state index is -0.801. The van der Waals surface area contributed by atoms with Crippen molar-refractivity contribution in [1.82, 2.24) is 14.8 Å². The highest BCUT2D eigenvalue weighted by atomic mass is 16.5. The van der Waals surface area contributed by atoms with Crippen molar-refractivity contribution >= 4 is 22.6 Å². The number of ether oxygens (including phenoxy) is 3. The van der Waals surface area contributed by atoms with Gasteiger partial charge in [-0.05, 0) is 31.9 Å². The summed E-state index contributed by atoms with van der Waals surface area (Å²) in [6.07, 6.45) is -0.801. The predicted molar refractivity (Wildman–Crippen MR) is 132 cm³/mol. The Morgan fingerprint density at radius 2 is 1.74 bits per heavy atom. The third kappa shape index (κ3) is 4.66. The number of pyridine rings is 1. The van der Waals surface area contributed by atoms with E-state index in [2.05, 4.69) is 10.4 Å². The number of amides is 1. The molecule has 2 aromatic heterocycles. The molecule has 0 bridgehead atoms. The zero-order valence-corrected chi connectivity index (χ0v) is 20.0. The second-order valence-corrected chi connectivity index (χ2v) is 7.82. The average Bonchev–Trinajstić information content (AvgIpc) is 3.19. The molecule has 2 aromatic carbocycles. The van der Waals surface area contributed by atoms with E-state index in [1.807, 2.05) is 54.9 Å². The maximum atomic E-state index is 12.9. The summed E-state index contributed by atoms with van der Waals surface area (Å²) < 4.78 is 18.4. The molecule has 0 aliphatic heterocycles. The van der Waals surface area contributed by atoms with Gasteiger partial charge < -0.3 is 19.5 Å². The van der Waals surface area contributed by atoms with Crippen LogP contribution in [0.15, 0.2) is 54.6 Å². The van der Waals surface area contributed by atoms with E-state index in [-0.39, 0.29) is 5.91 Å². The van der Waals surface area contributed by atoms with Crippen LogP contribution in [0.4, 0.5) is 5.69 Å². The largest absolute Gasteiger partial charge is 0.497 e. The van der Waals surface area contributed by atoms with Gasteiger partial charge in [-0.2, -0.15) is 10.1 Å².